The summed E-state index contributed by atoms with van der Waals surface area (Å²) < 4.78 is 3.65. The van der Waals surface area contributed by atoms with Crippen LogP contribution in [0.25, 0.3) is 11.4 Å². The lowest BCUT2D eigenvalue weighted by atomic mass is 10.3. The van der Waals surface area contributed by atoms with Crippen molar-refractivity contribution in [3.05, 3.63) is 18.7 Å². The van der Waals surface area contributed by atoms with Gasteiger partial charge >= 0.3 is 0 Å². The van der Waals surface area contributed by atoms with Gasteiger partial charge in [-0.1, -0.05) is 0 Å². The molecular formula is C8H12N6. The molecule has 14 heavy (non-hydrogen) atoms. The van der Waals surface area contributed by atoms with Crippen LogP contribution in [0.15, 0.2) is 18.7 Å². The van der Waals surface area contributed by atoms with Crippen molar-refractivity contribution in [3.8, 4) is 11.4 Å². The zero-order valence-corrected chi connectivity index (χ0v) is 7.96. The van der Waals surface area contributed by atoms with Gasteiger partial charge in [0.1, 0.15) is 6.33 Å². The van der Waals surface area contributed by atoms with Crippen LogP contribution in [0.5, 0.6) is 0 Å². The lowest BCUT2D eigenvalue weighted by Crippen LogP contribution is -2.10. The molecular weight excluding hydrogens is 180 g/mol. The van der Waals surface area contributed by atoms with Gasteiger partial charge in [0.15, 0.2) is 5.82 Å². The average Bonchev–Trinajstić information content (AvgIpc) is 2.74. The van der Waals surface area contributed by atoms with E-state index in [1.165, 1.54) is 0 Å². The lowest BCUT2D eigenvalue weighted by molar-refractivity contribution is 0.712. The molecule has 0 spiro atoms. The van der Waals surface area contributed by atoms with Crippen LogP contribution in [0.1, 0.15) is 0 Å². The van der Waals surface area contributed by atoms with Gasteiger partial charge < -0.3 is 10.3 Å². The van der Waals surface area contributed by atoms with Crippen LogP contribution in [0.4, 0.5) is 0 Å². The maximum absolute atomic E-state index is 5.47. The minimum atomic E-state index is 0.575. The van der Waals surface area contributed by atoms with Crippen molar-refractivity contribution >= 4 is 0 Å². The van der Waals surface area contributed by atoms with Crippen molar-refractivity contribution in [2.24, 2.45) is 12.8 Å². The summed E-state index contributed by atoms with van der Waals surface area (Å²) in [5.41, 5.74) is 6.43. The first-order chi connectivity index (χ1) is 6.81. The molecule has 2 heterocycles. The Labute approximate surface area is 81.4 Å². The van der Waals surface area contributed by atoms with E-state index in [-0.39, 0.29) is 0 Å². The average molecular weight is 192 g/mol. The Morgan fingerprint density at radius 3 is 3.00 bits per heavy atom. The summed E-state index contributed by atoms with van der Waals surface area (Å²) in [6.07, 6.45) is 5.34. The highest BCUT2D eigenvalue weighted by atomic mass is 15.3. The lowest BCUT2D eigenvalue weighted by Gasteiger charge is -2.01. The molecule has 2 aromatic heterocycles. The summed E-state index contributed by atoms with van der Waals surface area (Å²) in [6.45, 7) is 1.29. The molecule has 0 aliphatic carbocycles. The molecule has 6 nitrogen and oxygen atoms in total. The largest absolute Gasteiger partial charge is 0.329 e. The number of aromatic nitrogens is 5. The molecule has 0 aromatic carbocycles. The molecule has 0 radical (unpaired) electrons. The second kappa shape index (κ2) is 3.59. The molecule has 0 aliphatic rings. The second-order valence-corrected chi connectivity index (χ2v) is 3.04. The quantitative estimate of drug-likeness (QED) is 0.720. The van der Waals surface area contributed by atoms with Crippen LogP contribution >= 0.6 is 0 Å². The van der Waals surface area contributed by atoms with Gasteiger partial charge in [-0.25, -0.2) is 0 Å². The van der Waals surface area contributed by atoms with E-state index < -0.39 is 0 Å². The van der Waals surface area contributed by atoms with Gasteiger partial charge in [0.25, 0.3) is 0 Å². The molecule has 0 bridgehead atoms. The first kappa shape index (κ1) is 8.89. The van der Waals surface area contributed by atoms with E-state index in [1.807, 2.05) is 17.8 Å². The first-order valence-corrected chi connectivity index (χ1v) is 4.38. The molecule has 2 rings (SSSR count). The number of nitrogens with zero attached hydrogens (tertiary/aromatic N) is 5. The summed E-state index contributed by atoms with van der Waals surface area (Å²) in [5, 5.41) is 11.9. The van der Waals surface area contributed by atoms with E-state index in [4.69, 9.17) is 5.73 Å². The standard InChI is InChI=1S/C8H12N6/c1-13-5-7(4-11-13)8-12-10-6-14(8)3-2-9/h4-6H,2-3,9H2,1H3. The molecule has 74 valence electrons. The van der Waals surface area contributed by atoms with Crippen LogP contribution in [0.2, 0.25) is 0 Å². The molecule has 6 heteroatoms. The van der Waals surface area contributed by atoms with Crippen molar-refractivity contribution in [2.45, 2.75) is 6.54 Å². The molecule has 0 saturated heterocycles. The summed E-state index contributed by atoms with van der Waals surface area (Å²) >= 11 is 0. The van der Waals surface area contributed by atoms with Crippen LogP contribution < -0.4 is 5.73 Å². The fourth-order valence-electron chi connectivity index (χ4n) is 1.32. The van der Waals surface area contributed by atoms with Crippen molar-refractivity contribution in [1.82, 2.24) is 24.5 Å². The van der Waals surface area contributed by atoms with Gasteiger partial charge in [0, 0.05) is 26.3 Å². The fourth-order valence-corrected chi connectivity index (χ4v) is 1.32. The highest BCUT2D eigenvalue weighted by molar-refractivity contribution is 5.51. The normalized spacial score (nSPS) is 10.7. The molecule has 2 aromatic rings. The van der Waals surface area contributed by atoms with Gasteiger partial charge in [-0.15, -0.1) is 10.2 Å². The number of hydrogen-bond acceptors (Lipinski definition) is 4. The Morgan fingerprint density at radius 2 is 2.36 bits per heavy atom. The van der Waals surface area contributed by atoms with Crippen LogP contribution in [-0.4, -0.2) is 31.1 Å². The molecule has 0 unspecified atom stereocenters. The van der Waals surface area contributed by atoms with E-state index in [2.05, 4.69) is 15.3 Å². The number of aryl methyl sites for hydroxylation is 1. The minimum Gasteiger partial charge on any atom is -0.329 e. The first-order valence-electron chi connectivity index (χ1n) is 4.38. The van der Waals surface area contributed by atoms with E-state index in [0.29, 0.717) is 6.54 Å². The van der Waals surface area contributed by atoms with Crippen molar-refractivity contribution in [3.63, 3.8) is 0 Å². The summed E-state index contributed by atoms with van der Waals surface area (Å²) in [5.74, 6) is 0.809. The Balaban J connectivity index is 2.36. The van der Waals surface area contributed by atoms with Crippen molar-refractivity contribution in [1.29, 1.82) is 0 Å². The number of hydrogen-bond donors (Lipinski definition) is 1. The third kappa shape index (κ3) is 1.51. The summed E-state index contributed by atoms with van der Waals surface area (Å²) in [4.78, 5) is 0. The Morgan fingerprint density at radius 1 is 1.50 bits per heavy atom. The van der Waals surface area contributed by atoms with Crippen molar-refractivity contribution in [2.75, 3.05) is 6.54 Å². The summed E-state index contributed by atoms with van der Waals surface area (Å²) in [6, 6.07) is 0. The topological polar surface area (TPSA) is 74.5 Å². The van der Waals surface area contributed by atoms with Crippen LogP contribution in [-0.2, 0) is 13.6 Å². The number of nitrogens with two attached hydrogens (primary N) is 1. The molecule has 2 N–H and O–H groups in total. The molecule has 0 aliphatic heterocycles. The smallest absolute Gasteiger partial charge is 0.166 e. The van der Waals surface area contributed by atoms with Gasteiger partial charge in [-0.3, -0.25) is 4.68 Å². The molecule has 0 fully saturated rings. The minimum absolute atomic E-state index is 0.575. The summed E-state index contributed by atoms with van der Waals surface area (Å²) in [7, 11) is 1.87. The van der Waals surface area contributed by atoms with Gasteiger partial charge in [0.2, 0.25) is 0 Å². The van der Waals surface area contributed by atoms with Gasteiger partial charge in [0.05, 0.1) is 11.8 Å². The SMILES string of the molecule is Cn1cc(-c2nncn2CCN)cn1. The van der Waals surface area contributed by atoms with E-state index in [9.17, 15) is 0 Å². The Kier molecular flexibility index (Phi) is 2.28. The zero-order chi connectivity index (χ0) is 9.97. The van der Waals surface area contributed by atoms with E-state index >= 15 is 0 Å². The van der Waals surface area contributed by atoms with Gasteiger partial charge in [-0.2, -0.15) is 5.10 Å². The van der Waals surface area contributed by atoms with Crippen LogP contribution in [0, 0.1) is 0 Å². The third-order valence-electron chi connectivity index (χ3n) is 1.95. The Bertz CT molecular complexity index is 415. The maximum atomic E-state index is 5.47. The fraction of sp³-hybridized carbons (Fsp3) is 0.375. The van der Waals surface area contributed by atoms with E-state index in [0.717, 1.165) is 17.9 Å². The van der Waals surface area contributed by atoms with Crippen molar-refractivity contribution < 1.29 is 0 Å². The highest BCUT2D eigenvalue weighted by Crippen LogP contribution is 2.14. The highest BCUT2D eigenvalue weighted by Gasteiger charge is 2.07. The molecule has 0 amide bonds. The predicted molar refractivity (Wildman–Crippen MR) is 51.3 cm³/mol. The third-order valence-corrected chi connectivity index (χ3v) is 1.95. The number of rotatable bonds is 3. The van der Waals surface area contributed by atoms with E-state index in [1.54, 1.807) is 17.2 Å². The monoisotopic (exact) mass is 192 g/mol. The van der Waals surface area contributed by atoms with Gasteiger partial charge in [-0.05, 0) is 0 Å². The molecule has 0 saturated carbocycles. The predicted octanol–water partition coefficient (Wildman–Crippen LogP) is -0.363. The molecule has 0 atom stereocenters. The zero-order valence-electron chi connectivity index (χ0n) is 7.96. The Hall–Kier alpha value is -1.69. The second-order valence-electron chi connectivity index (χ2n) is 3.04. The maximum Gasteiger partial charge on any atom is 0.166 e. The van der Waals surface area contributed by atoms with Crippen LogP contribution in [0.3, 0.4) is 0 Å².